The first-order chi connectivity index (χ1) is 9.50. The number of carbonyl (C=O) groups is 1. The molecular formula is C15H21ClN2OS. The standard InChI is InChI=1S/C15H21ClN2OS/c1-10(2)17-8-9-18-14(19)11(3)20-15(18)12-6-4-5-7-13(12)16/h4-7,10-11,15,17H,8-9H2,1-3H3. The van der Waals surface area contributed by atoms with Crippen LogP contribution in [0.25, 0.3) is 0 Å². The summed E-state index contributed by atoms with van der Waals surface area (Å²) in [6.07, 6.45) is 0. The lowest BCUT2D eigenvalue weighted by atomic mass is 10.2. The SMILES string of the molecule is CC(C)NCCN1C(=O)C(C)SC1c1ccccc1Cl. The van der Waals surface area contributed by atoms with Gasteiger partial charge in [-0.25, -0.2) is 0 Å². The van der Waals surface area contributed by atoms with Crippen LogP contribution in [0, 0.1) is 0 Å². The third kappa shape index (κ3) is 3.48. The smallest absolute Gasteiger partial charge is 0.236 e. The maximum atomic E-state index is 12.3. The maximum Gasteiger partial charge on any atom is 0.236 e. The van der Waals surface area contributed by atoms with Crippen LogP contribution in [0.1, 0.15) is 31.7 Å². The molecule has 1 heterocycles. The Hall–Kier alpha value is -0.710. The van der Waals surface area contributed by atoms with Crippen LogP contribution in [-0.4, -0.2) is 35.2 Å². The Labute approximate surface area is 130 Å². The molecule has 110 valence electrons. The predicted molar refractivity (Wildman–Crippen MR) is 86.1 cm³/mol. The number of hydrogen-bond donors (Lipinski definition) is 1. The molecule has 1 aromatic rings. The molecule has 1 aliphatic rings. The number of amides is 1. The van der Waals surface area contributed by atoms with Gasteiger partial charge in [0.15, 0.2) is 0 Å². The van der Waals surface area contributed by atoms with Gasteiger partial charge in [-0.3, -0.25) is 4.79 Å². The van der Waals surface area contributed by atoms with Gasteiger partial charge in [0.25, 0.3) is 0 Å². The van der Waals surface area contributed by atoms with Gasteiger partial charge in [-0.1, -0.05) is 43.6 Å². The van der Waals surface area contributed by atoms with Gasteiger partial charge in [0.1, 0.15) is 5.37 Å². The van der Waals surface area contributed by atoms with Gasteiger partial charge in [-0.05, 0) is 13.0 Å². The minimum absolute atomic E-state index is 0.00433. The monoisotopic (exact) mass is 312 g/mol. The molecule has 3 nitrogen and oxygen atoms in total. The molecule has 2 rings (SSSR count). The summed E-state index contributed by atoms with van der Waals surface area (Å²) in [5.74, 6) is 0.200. The fraction of sp³-hybridized carbons (Fsp3) is 0.533. The van der Waals surface area contributed by atoms with E-state index in [0.717, 1.165) is 17.1 Å². The molecule has 0 spiro atoms. The van der Waals surface area contributed by atoms with Gasteiger partial charge < -0.3 is 10.2 Å². The Morgan fingerprint density at radius 2 is 2.10 bits per heavy atom. The second kappa shape index (κ2) is 6.83. The van der Waals surface area contributed by atoms with Gasteiger partial charge in [0.2, 0.25) is 5.91 Å². The number of hydrogen-bond acceptors (Lipinski definition) is 3. The number of halogens is 1. The lowest BCUT2D eigenvalue weighted by Crippen LogP contribution is -2.38. The first-order valence-corrected chi connectivity index (χ1v) is 8.26. The molecule has 1 amide bonds. The largest absolute Gasteiger partial charge is 0.324 e. The zero-order valence-corrected chi connectivity index (χ0v) is 13.7. The Balaban J connectivity index is 2.13. The quantitative estimate of drug-likeness (QED) is 0.905. The van der Waals surface area contributed by atoms with Gasteiger partial charge in [0, 0.05) is 29.7 Å². The van der Waals surface area contributed by atoms with E-state index in [2.05, 4.69) is 19.2 Å². The summed E-state index contributed by atoms with van der Waals surface area (Å²) in [5, 5.41) is 4.11. The lowest BCUT2D eigenvalue weighted by Gasteiger charge is -2.25. The van der Waals surface area contributed by atoms with E-state index in [1.807, 2.05) is 36.1 Å². The van der Waals surface area contributed by atoms with Crippen LogP contribution in [0.15, 0.2) is 24.3 Å². The van der Waals surface area contributed by atoms with Crippen molar-refractivity contribution in [1.29, 1.82) is 0 Å². The van der Waals surface area contributed by atoms with E-state index in [1.165, 1.54) is 0 Å². The number of benzene rings is 1. The van der Waals surface area contributed by atoms with E-state index in [9.17, 15) is 4.79 Å². The number of carbonyl (C=O) groups excluding carboxylic acids is 1. The lowest BCUT2D eigenvalue weighted by molar-refractivity contribution is -0.129. The maximum absolute atomic E-state index is 12.3. The van der Waals surface area contributed by atoms with Gasteiger partial charge in [0.05, 0.1) is 5.25 Å². The van der Waals surface area contributed by atoms with Crippen molar-refractivity contribution in [2.24, 2.45) is 0 Å². The van der Waals surface area contributed by atoms with Crippen molar-refractivity contribution < 1.29 is 4.79 Å². The van der Waals surface area contributed by atoms with E-state index in [0.29, 0.717) is 12.6 Å². The molecule has 5 heteroatoms. The van der Waals surface area contributed by atoms with E-state index < -0.39 is 0 Å². The third-order valence-corrected chi connectivity index (χ3v) is 5.04. The summed E-state index contributed by atoms with van der Waals surface area (Å²) >= 11 is 7.95. The first-order valence-electron chi connectivity index (χ1n) is 6.94. The van der Waals surface area contributed by atoms with Crippen molar-refractivity contribution in [2.45, 2.75) is 37.4 Å². The van der Waals surface area contributed by atoms with Crippen LogP contribution in [0.3, 0.4) is 0 Å². The fourth-order valence-electron chi connectivity index (χ4n) is 2.29. The van der Waals surface area contributed by atoms with Crippen molar-refractivity contribution in [1.82, 2.24) is 10.2 Å². The van der Waals surface area contributed by atoms with Gasteiger partial charge >= 0.3 is 0 Å². The van der Waals surface area contributed by atoms with Crippen LogP contribution < -0.4 is 5.32 Å². The Morgan fingerprint density at radius 3 is 2.75 bits per heavy atom. The van der Waals surface area contributed by atoms with E-state index in [-0.39, 0.29) is 16.5 Å². The van der Waals surface area contributed by atoms with Crippen LogP contribution in [0.5, 0.6) is 0 Å². The molecule has 1 aromatic carbocycles. The van der Waals surface area contributed by atoms with Gasteiger partial charge in [-0.2, -0.15) is 0 Å². The van der Waals surface area contributed by atoms with Crippen LogP contribution in [0.4, 0.5) is 0 Å². The number of rotatable bonds is 5. The average molecular weight is 313 g/mol. The minimum Gasteiger partial charge on any atom is -0.324 e. The van der Waals surface area contributed by atoms with E-state index in [1.54, 1.807) is 11.8 Å². The predicted octanol–water partition coefficient (Wildman–Crippen LogP) is 3.30. The summed E-state index contributed by atoms with van der Waals surface area (Å²) in [6, 6.07) is 8.21. The molecular weight excluding hydrogens is 292 g/mol. The highest BCUT2D eigenvalue weighted by atomic mass is 35.5. The molecule has 1 N–H and O–H groups in total. The second-order valence-corrected chi connectivity index (χ2v) is 7.13. The van der Waals surface area contributed by atoms with Crippen molar-refractivity contribution in [3.05, 3.63) is 34.9 Å². The fourth-order valence-corrected chi connectivity index (χ4v) is 3.94. The molecule has 0 aromatic heterocycles. The molecule has 2 unspecified atom stereocenters. The van der Waals surface area contributed by atoms with Crippen LogP contribution >= 0.6 is 23.4 Å². The Bertz CT molecular complexity index is 481. The summed E-state index contributed by atoms with van der Waals surface area (Å²) in [7, 11) is 0. The molecule has 1 saturated heterocycles. The summed E-state index contributed by atoms with van der Waals surface area (Å²) < 4.78 is 0. The highest BCUT2D eigenvalue weighted by Gasteiger charge is 2.38. The topological polar surface area (TPSA) is 32.3 Å². The van der Waals surface area contributed by atoms with Crippen molar-refractivity contribution in [2.75, 3.05) is 13.1 Å². The first kappa shape index (κ1) is 15.7. The molecule has 0 aliphatic carbocycles. The van der Waals surface area contributed by atoms with Crippen LogP contribution in [0.2, 0.25) is 5.02 Å². The number of nitrogens with zero attached hydrogens (tertiary/aromatic N) is 1. The van der Waals surface area contributed by atoms with Crippen LogP contribution in [-0.2, 0) is 4.79 Å². The number of nitrogens with one attached hydrogen (secondary N) is 1. The van der Waals surface area contributed by atoms with Crippen molar-refractivity contribution >= 4 is 29.3 Å². The summed E-state index contributed by atoms with van der Waals surface area (Å²) in [6.45, 7) is 7.69. The zero-order chi connectivity index (χ0) is 14.7. The molecule has 20 heavy (non-hydrogen) atoms. The van der Waals surface area contributed by atoms with Crippen molar-refractivity contribution in [3.63, 3.8) is 0 Å². The third-order valence-electron chi connectivity index (χ3n) is 3.32. The number of thioether (sulfide) groups is 1. The highest BCUT2D eigenvalue weighted by Crippen LogP contribution is 2.44. The Kier molecular flexibility index (Phi) is 5.35. The van der Waals surface area contributed by atoms with Crippen molar-refractivity contribution in [3.8, 4) is 0 Å². The molecule has 1 fully saturated rings. The molecule has 0 bridgehead atoms. The second-order valence-electron chi connectivity index (χ2n) is 5.29. The zero-order valence-electron chi connectivity index (χ0n) is 12.1. The molecule has 1 aliphatic heterocycles. The molecule has 2 atom stereocenters. The summed E-state index contributed by atoms with van der Waals surface area (Å²) in [5.41, 5.74) is 1.03. The van der Waals surface area contributed by atoms with E-state index in [4.69, 9.17) is 11.6 Å². The molecule has 0 radical (unpaired) electrons. The average Bonchev–Trinajstić information content (AvgIpc) is 2.67. The van der Waals surface area contributed by atoms with E-state index >= 15 is 0 Å². The molecule has 0 saturated carbocycles. The Morgan fingerprint density at radius 1 is 1.40 bits per heavy atom. The normalized spacial score (nSPS) is 22.9. The minimum atomic E-state index is -0.00433. The van der Waals surface area contributed by atoms with Gasteiger partial charge in [-0.15, -0.1) is 11.8 Å². The summed E-state index contributed by atoms with van der Waals surface area (Å²) in [4.78, 5) is 14.2. The highest BCUT2D eigenvalue weighted by molar-refractivity contribution is 8.01.